The maximum absolute atomic E-state index is 11.7. The third kappa shape index (κ3) is 4.33. The van der Waals surface area contributed by atoms with Gasteiger partial charge in [-0.05, 0) is 32.1 Å². The summed E-state index contributed by atoms with van der Waals surface area (Å²) in [6.07, 6.45) is 2.31. The quantitative estimate of drug-likeness (QED) is 0.828. The number of benzene rings is 1. The molecule has 114 valence electrons. The summed E-state index contributed by atoms with van der Waals surface area (Å²) in [5.74, 6) is 0. The standard InChI is InChI=1S/C15H18Cl2N2OS/c1-3-4-7-19(2)9-13-14(18-15(20)21-13)10-5-6-11(16)12(17)8-10/h5-6,8H,3-4,7,9H2,1-2H3,(H,18,20). The van der Waals surface area contributed by atoms with Crippen LogP contribution in [-0.2, 0) is 6.54 Å². The van der Waals surface area contributed by atoms with E-state index >= 15 is 0 Å². The van der Waals surface area contributed by atoms with E-state index in [1.807, 2.05) is 6.07 Å². The van der Waals surface area contributed by atoms with Crippen molar-refractivity contribution in [1.82, 2.24) is 9.88 Å². The molecular weight excluding hydrogens is 327 g/mol. The lowest BCUT2D eigenvalue weighted by Gasteiger charge is -2.15. The van der Waals surface area contributed by atoms with Crippen LogP contribution in [0.15, 0.2) is 23.0 Å². The van der Waals surface area contributed by atoms with Crippen molar-refractivity contribution in [2.45, 2.75) is 26.3 Å². The summed E-state index contributed by atoms with van der Waals surface area (Å²) >= 11 is 13.3. The highest BCUT2D eigenvalue weighted by Crippen LogP contribution is 2.30. The van der Waals surface area contributed by atoms with E-state index in [-0.39, 0.29) is 4.87 Å². The van der Waals surface area contributed by atoms with Gasteiger partial charge in [0.25, 0.3) is 0 Å². The highest BCUT2D eigenvalue weighted by Gasteiger charge is 2.13. The number of rotatable bonds is 6. The molecule has 0 saturated carbocycles. The Kier molecular flexibility index (Phi) is 5.88. The van der Waals surface area contributed by atoms with Crippen molar-refractivity contribution in [2.24, 2.45) is 0 Å². The van der Waals surface area contributed by atoms with Crippen LogP contribution in [-0.4, -0.2) is 23.5 Å². The first kappa shape index (κ1) is 16.6. The first-order valence-electron chi connectivity index (χ1n) is 6.87. The number of hydrogen-bond acceptors (Lipinski definition) is 3. The summed E-state index contributed by atoms with van der Waals surface area (Å²) < 4.78 is 0. The number of halogens is 2. The first-order valence-corrected chi connectivity index (χ1v) is 8.44. The maximum Gasteiger partial charge on any atom is 0.305 e. The Morgan fingerprint density at radius 3 is 2.71 bits per heavy atom. The lowest BCUT2D eigenvalue weighted by Crippen LogP contribution is -2.18. The molecule has 2 rings (SSSR count). The zero-order valence-corrected chi connectivity index (χ0v) is 14.4. The van der Waals surface area contributed by atoms with Crippen LogP contribution in [0.3, 0.4) is 0 Å². The normalized spacial score (nSPS) is 11.3. The maximum atomic E-state index is 11.7. The number of aromatic nitrogens is 1. The van der Waals surface area contributed by atoms with E-state index in [2.05, 4.69) is 23.9 Å². The van der Waals surface area contributed by atoms with Crippen LogP contribution in [0.5, 0.6) is 0 Å². The second-order valence-corrected chi connectivity index (χ2v) is 6.92. The highest BCUT2D eigenvalue weighted by molar-refractivity contribution is 7.09. The van der Waals surface area contributed by atoms with E-state index in [0.717, 1.165) is 42.1 Å². The van der Waals surface area contributed by atoms with Crippen LogP contribution < -0.4 is 4.87 Å². The van der Waals surface area contributed by atoms with Crippen LogP contribution >= 0.6 is 34.5 Å². The first-order chi connectivity index (χ1) is 10.0. The monoisotopic (exact) mass is 344 g/mol. The minimum Gasteiger partial charge on any atom is -0.312 e. The van der Waals surface area contributed by atoms with Gasteiger partial charge in [-0.2, -0.15) is 0 Å². The summed E-state index contributed by atoms with van der Waals surface area (Å²) in [6.45, 7) is 3.94. The molecule has 3 nitrogen and oxygen atoms in total. The van der Waals surface area contributed by atoms with Crippen molar-refractivity contribution >= 4 is 34.5 Å². The van der Waals surface area contributed by atoms with Crippen molar-refractivity contribution in [1.29, 1.82) is 0 Å². The SMILES string of the molecule is CCCCN(C)Cc1sc(=O)[nH]c1-c1ccc(Cl)c(Cl)c1. The molecule has 1 N–H and O–H groups in total. The zero-order chi connectivity index (χ0) is 15.4. The van der Waals surface area contributed by atoms with Gasteiger partial charge in [-0.3, -0.25) is 4.79 Å². The zero-order valence-electron chi connectivity index (χ0n) is 12.1. The lowest BCUT2D eigenvalue weighted by molar-refractivity contribution is 0.324. The number of hydrogen-bond donors (Lipinski definition) is 1. The number of aromatic amines is 1. The van der Waals surface area contributed by atoms with E-state index in [4.69, 9.17) is 23.2 Å². The van der Waals surface area contributed by atoms with Gasteiger partial charge in [-0.1, -0.05) is 53.9 Å². The number of unbranched alkanes of at least 4 members (excludes halogenated alkanes) is 1. The molecule has 0 radical (unpaired) electrons. The lowest BCUT2D eigenvalue weighted by atomic mass is 10.1. The molecule has 21 heavy (non-hydrogen) atoms. The summed E-state index contributed by atoms with van der Waals surface area (Å²) in [6, 6.07) is 5.42. The van der Waals surface area contributed by atoms with Crippen LogP contribution in [0.2, 0.25) is 10.0 Å². The molecule has 6 heteroatoms. The molecule has 0 aliphatic rings. The fourth-order valence-corrected chi connectivity index (χ4v) is 3.34. The van der Waals surface area contributed by atoms with Gasteiger partial charge < -0.3 is 9.88 Å². The van der Waals surface area contributed by atoms with Gasteiger partial charge in [0.2, 0.25) is 0 Å². The fourth-order valence-electron chi connectivity index (χ4n) is 2.11. The van der Waals surface area contributed by atoms with Gasteiger partial charge in [0.15, 0.2) is 0 Å². The second kappa shape index (κ2) is 7.45. The summed E-state index contributed by atoms with van der Waals surface area (Å²) in [7, 11) is 2.07. The summed E-state index contributed by atoms with van der Waals surface area (Å²) in [5.41, 5.74) is 1.73. The van der Waals surface area contributed by atoms with Crippen molar-refractivity contribution in [3.63, 3.8) is 0 Å². The predicted octanol–water partition coefficient (Wildman–Crippen LogP) is 4.64. The Hall–Kier alpha value is -0.810. The minimum absolute atomic E-state index is 0.0463. The Morgan fingerprint density at radius 1 is 1.29 bits per heavy atom. The predicted molar refractivity (Wildman–Crippen MR) is 91.6 cm³/mol. The molecule has 1 aromatic heterocycles. The van der Waals surface area contributed by atoms with Gasteiger partial charge >= 0.3 is 4.87 Å². The van der Waals surface area contributed by atoms with Crippen molar-refractivity contribution in [3.8, 4) is 11.3 Å². The van der Waals surface area contributed by atoms with Gasteiger partial charge in [0.1, 0.15) is 0 Å². The van der Waals surface area contributed by atoms with E-state index in [1.165, 1.54) is 11.3 Å². The van der Waals surface area contributed by atoms with Gasteiger partial charge in [-0.25, -0.2) is 0 Å². The number of thiazole rings is 1. The number of nitrogens with zero attached hydrogens (tertiary/aromatic N) is 1. The molecule has 0 aliphatic heterocycles. The summed E-state index contributed by atoms with van der Waals surface area (Å²) in [5, 5.41) is 1.01. The molecular formula is C15H18Cl2N2OS. The molecule has 0 aliphatic carbocycles. The van der Waals surface area contributed by atoms with E-state index in [0.29, 0.717) is 10.0 Å². The Labute approximate surface area is 138 Å². The smallest absolute Gasteiger partial charge is 0.305 e. The minimum atomic E-state index is -0.0463. The molecule has 0 fully saturated rings. The molecule has 0 bridgehead atoms. The largest absolute Gasteiger partial charge is 0.312 e. The fraction of sp³-hybridized carbons (Fsp3) is 0.400. The summed E-state index contributed by atoms with van der Waals surface area (Å²) in [4.78, 5) is 17.8. The van der Waals surface area contributed by atoms with Crippen molar-refractivity contribution in [3.05, 3.63) is 42.8 Å². The Bertz CT molecular complexity index is 666. The van der Waals surface area contributed by atoms with E-state index in [1.54, 1.807) is 12.1 Å². The van der Waals surface area contributed by atoms with Gasteiger partial charge in [-0.15, -0.1) is 0 Å². The molecule has 0 saturated heterocycles. The molecule has 0 atom stereocenters. The van der Waals surface area contributed by atoms with E-state index < -0.39 is 0 Å². The van der Waals surface area contributed by atoms with Gasteiger partial charge in [0, 0.05) is 17.0 Å². The number of nitrogens with one attached hydrogen (secondary N) is 1. The third-order valence-corrected chi connectivity index (χ3v) is 4.84. The molecule has 1 aromatic carbocycles. The third-order valence-electron chi connectivity index (χ3n) is 3.24. The highest BCUT2D eigenvalue weighted by atomic mass is 35.5. The van der Waals surface area contributed by atoms with Gasteiger partial charge in [0.05, 0.1) is 15.7 Å². The van der Waals surface area contributed by atoms with Crippen LogP contribution in [0.4, 0.5) is 0 Å². The molecule has 2 aromatic rings. The Morgan fingerprint density at radius 2 is 2.05 bits per heavy atom. The molecule has 0 amide bonds. The van der Waals surface area contributed by atoms with Crippen molar-refractivity contribution in [2.75, 3.05) is 13.6 Å². The van der Waals surface area contributed by atoms with Crippen LogP contribution in [0.1, 0.15) is 24.6 Å². The van der Waals surface area contributed by atoms with E-state index in [9.17, 15) is 4.79 Å². The average Bonchev–Trinajstić information content (AvgIpc) is 2.80. The molecule has 1 heterocycles. The average molecular weight is 345 g/mol. The topological polar surface area (TPSA) is 36.1 Å². The van der Waals surface area contributed by atoms with Crippen LogP contribution in [0.25, 0.3) is 11.3 Å². The Balaban J connectivity index is 2.27. The molecule has 0 spiro atoms. The second-order valence-electron chi connectivity index (χ2n) is 5.03. The number of H-pyrrole nitrogens is 1. The molecule has 0 unspecified atom stereocenters. The van der Waals surface area contributed by atoms with Crippen LogP contribution in [0, 0.1) is 0 Å². The van der Waals surface area contributed by atoms with Crippen molar-refractivity contribution < 1.29 is 0 Å².